The van der Waals surface area contributed by atoms with E-state index >= 15 is 0 Å². The highest BCUT2D eigenvalue weighted by atomic mass is 15.5. The highest BCUT2D eigenvalue weighted by Gasteiger charge is 2.13. The Hall–Kier alpha value is -1.12. The number of aliphatic imine (C=N–C) groups is 1. The van der Waals surface area contributed by atoms with Crippen LogP contribution in [0.3, 0.4) is 0 Å². The molecule has 2 rings (SSSR count). The first-order valence-electron chi connectivity index (χ1n) is 2.99. The van der Waals surface area contributed by atoms with Gasteiger partial charge in [0.05, 0.1) is 13.1 Å². The molecule has 0 saturated heterocycles. The molecule has 0 fully saturated rings. The Morgan fingerprint density at radius 3 is 3.44 bits per heavy atom. The number of hydrogen-bond acceptors (Lipinski definition) is 3. The Labute approximate surface area is 53.4 Å². The van der Waals surface area contributed by atoms with Crippen molar-refractivity contribution in [1.29, 1.82) is 0 Å². The summed E-state index contributed by atoms with van der Waals surface area (Å²) in [4.78, 5) is 4.20. The molecule has 2 heterocycles. The van der Waals surface area contributed by atoms with E-state index in [-0.39, 0.29) is 0 Å². The average molecular weight is 121 g/mol. The van der Waals surface area contributed by atoms with E-state index in [1.807, 2.05) is 17.2 Å². The first-order chi connectivity index (χ1) is 4.47. The Balaban J connectivity index is 2.33. The van der Waals surface area contributed by atoms with Gasteiger partial charge in [-0.3, -0.25) is 4.99 Å². The maximum Gasteiger partial charge on any atom is 0.144 e. The highest BCUT2D eigenvalue weighted by Crippen LogP contribution is 2.05. The largest absolute Gasteiger partial charge is 0.265 e. The Morgan fingerprint density at radius 2 is 2.56 bits per heavy atom. The van der Waals surface area contributed by atoms with Gasteiger partial charge in [0.2, 0.25) is 0 Å². The fourth-order valence-corrected chi connectivity index (χ4v) is 0.959. The molecule has 0 aromatic carbocycles. The Morgan fingerprint density at radius 1 is 1.56 bits per heavy atom. The predicted octanol–water partition coefficient (Wildman–Crippen LogP) is 0.256. The van der Waals surface area contributed by atoms with Crippen LogP contribution in [0.5, 0.6) is 0 Å². The van der Waals surface area contributed by atoms with Crippen LogP contribution >= 0.6 is 0 Å². The summed E-state index contributed by atoms with van der Waals surface area (Å²) in [5, 5.41) is 5.98. The molecule has 0 amide bonds. The molecule has 0 aromatic rings. The number of allylic oxidation sites excluding steroid dienone is 1. The smallest absolute Gasteiger partial charge is 0.144 e. The Bertz CT molecular complexity index is 200. The van der Waals surface area contributed by atoms with E-state index in [1.54, 1.807) is 6.21 Å². The molecule has 0 spiro atoms. The molecule has 0 atom stereocenters. The van der Waals surface area contributed by atoms with E-state index in [0.29, 0.717) is 0 Å². The van der Waals surface area contributed by atoms with Crippen molar-refractivity contribution >= 4 is 12.1 Å². The molecule has 0 radical (unpaired) electrons. The third-order valence-electron chi connectivity index (χ3n) is 1.39. The molecule has 3 nitrogen and oxygen atoms in total. The Kier molecular flexibility index (Phi) is 0.886. The molecule has 0 N–H and O–H groups in total. The molecule has 9 heavy (non-hydrogen) atoms. The number of amidine groups is 1. The van der Waals surface area contributed by atoms with E-state index in [9.17, 15) is 0 Å². The van der Waals surface area contributed by atoms with Gasteiger partial charge >= 0.3 is 0 Å². The summed E-state index contributed by atoms with van der Waals surface area (Å²) in [6, 6.07) is 0. The first kappa shape index (κ1) is 4.73. The van der Waals surface area contributed by atoms with Gasteiger partial charge in [-0.05, 0) is 12.2 Å². The third-order valence-corrected chi connectivity index (χ3v) is 1.39. The second kappa shape index (κ2) is 1.69. The minimum absolute atomic E-state index is 0.886. The molecule has 0 bridgehead atoms. The lowest BCUT2D eigenvalue weighted by Crippen LogP contribution is -2.21. The van der Waals surface area contributed by atoms with Crippen LogP contribution in [0, 0.1) is 0 Å². The molecular weight excluding hydrogens is 114 g/mol. The van der Waals surface area contributed by atoms with Crippen LogP contribution in [0.4, 0.5) is 0 Å². The van der Waals surface area contributed by atoms with Gasteiger partial charge < -0.3 is 0 Å². The van der Waals surface area contributed by atoms with Gasteiger partial charge in [-0.1, -0.05) is 0 Å². The molecular formula is C6H7N3. The van der Waals surface area contributed by atoms with Crippen molar-refractivity contribution in [3.63, 3.8) is 0 Å². The topological polar surface area (TPSA) is 28.0 Å². The van der Waals surface area contributed by atoms with Crippen molar-refractivity contribution in [1.82, 2.24) is 5.01 Å². The minimum Gasteiger partial charge on any atom is -0.265 e. The highest BCUT2D eigenvalue weighted by molar-refractivity contribution is 5.99. The summed E-state index contributed by atoms with van der Waals surface area (Å²) in [5.41, 5.74) is 0. The maximum absolute atomic E-state index is 4.20. The van der Waals surface area contributed by atoms with Crippen molar-refractivity contribution < 1.29 is 0 Å². The second-order valence-electron chi connectivity index (χ2n) is 1.99. The van der Waals surface area contributed by atoms with Crippen LogP contribution in [-0.4, -0.2) is 30.1 Å². The normalized spacial score (nSPS) is 22.2. The number of fused-ring (bicyclic) bond motifs is 1. The van der Waals surface area contributed by atoms with Crippen molar-refractivity contribution in [2.45, 2.75) is 0 Å². The van der Waals surface area contributed by atoms with Crippen LogP contribution in [0.1, 0.15) is 0 Å². The van der Waals surface area contributed by atoms with Gasteiger partial charge in [-0.2, -0.15) is 5.10 Å². The fraction of sp³-hybridized carbons (Fsp3) is 0.333. The lowest BCUT2D eigenvalue weighted by Gasteiger charge is -2.12. The second-order valence-corrected chi connectivity index (χ2v) is 1.99. The average Bonchev–Trinajstić information content (AvgIpc) is 2.33. The summed E-state index contributed by atoms with van der Waals surface area (Å²) < 4.78 is 0. The quantitative estimate of drug-likeness (QED) is 0.451. The fourth-order valence-electron chi connectivity index (χ4n) is 0.959. The number of nitrogens with zero attached hydrogens (tertiary/aromatic N) is 3. The van der Waals surface area contributed by atoms with Gasteiger partial charge in [-0.25, -0.2) is 5.01 Å². The summed E-state index contributed by atoms with van der Waals surface area (Å²) in [6.07, 6.45) is 5.66. The zero-order valence-corrected chi connectivity index (χ0v) is 4.99. The van der Waals surface area contributed by atoms with Crippen molar-refractivity contribution in [3.05, 3.63) is 12.2 Å². The van der Waals surface area contributed by atoms with E-state index in [1.165, 1.54) is 0 Å². The van der Waals surface area contributed by atoms with Gasteiger partial charge in [0.15, 0.2) is 0 Å². The van der Waals surface area contributed by atoms with Crippen molar-refractivity contribution in [2.24, 2.45) is 10.1 Å². The van der Waals surface area contributed by atoms with Crippen molar-refractivity contribution in [3.8, 4) is 0 Å². The van der Waals surface area contributed by atoms with Gasteiger partial charge in [0.25, 0.3) is 0 Å². The zero-order chi connectivity index (χ0) is 6.10. The lowest BCUT2D eigenvalue weighted by atomic mass is 10.4. The number of hydrazone groups is 1. The molecule has 2 aliphatic heterocycles. The molecule has 3 heteroatoms. The summed E-state index contributed by atoms with van der Waals surface area (Å²) in [6.45, 7) is 1.83. The van der Waals surface area contributed by atoms with E-state index < -0.39 is 0 Å². The molecule has 0 unspecified atom stereocenters. The standard InChI is InChI=1S/C6H7N3/c1-2-6-7-4-5-9(6)8-3-1/h1-3H,4-5H2. The maximum atomic E-state index is 4.20. The van der Waals surface area contributed by atoms with Gasteiger partial charge in [-0.15, -0.1) is 0 Å². The molecule has 46 valence electrons. The zero-order valence-electron chi connectivity index (χ0n) is 4.99. The van der Waals surface area contributed by atoms with Crippen LogP contribution in [-0.2, 0) is 0 Å². The van der Waals surface area contributed by atoms with Gasteiger partial charge in [0.1, 0.15) is 5.84 Å². The van der Waals surface area contributed by atoms with Crippen LogP contribution in [0.25, 0.3) is 0 Å². The van der Waals surface area contributed by atoms with Crippen molar-refractivity contribution in [2.75, 3.05) is 13.1 Å². The number of rotatable bonds is 0. The number of hydrogen-bond donors (Lipinski definition) is 0. The van der Waals surface area contributed by atoms with Crippen LogP contribution in [0.15, 0.2) is 22.2 Å². The predicted molar refractivity (Wildman–Crippen MR) is 36.6 cm³/mol. The molecule has 2 aliphatic rings. The third kappa shape index (κ3) is 0.650. The molecule has 0 aromatic heterocycles. The summed E-state index contributed by atoms with van der Waals surface area (Å²) in [5.74, 6) is 0.998. The lowest BCUT2D eigenvalue weighted by molar-refractivity contribution is 0.492. The van der Waals surface area contributed by atoms with E-state index in [0.717, 1.165) is 18.9 Å². The van der Waals surface area contributed by atoms with E-state index in [4.69, 9.17) is 0 Å². The van der Waals surface area contributed by atoms with Gasteiger partial charge in [0, 0.05) is 6.21 Å². The first-order valence-corrected chi connectivity index (χ1v) is 2.99. The SMILES string of the molecule is C1=CC2=NCCN2N=C1. The molecule has 0 aliphatic carbocycles. The monoisotopic (exact) mass is 121 g/mol. The summed E-state index contributed by atoms with van der Waals surface area (Å²) in [7, 11) is 0. The van der Waals surface area contributed by atoms with Crippen LogP contribution in [0.2, 0.25) is 0 Å². The van der Waals surface area contributed by atoms with Crippen LogP contribution < -0.4 is 0 Å². The molecule has 0 saturated carbocycles. The minimum atomic E-state index is 0.886. The summed E-state index contributed by atoms with van der Waals surface area (Å²) >= 11 is 0. The van der Waals surface area contributed by atoms with E-state index in [2.05, 4.69) is 10.1 Å².